The van der Waals surface area contributed by atoms with Crippen LogP contribution in [0.4, 0.5) is 0 Å². The predicted molar refractivity (Wildman–Crippen MR) is 63.3 cm³/mol. The van der Waals surface area contributed by atoms with Crippen molar-refractivity contribution in [3.63, 3.8) is 0 Å². The maximum atomic E-state index is 11.9. The number of aliphatic hydroxyl groups excluding tert-OH is 1. The molecule has 0 saturated carbocycles. The third-order valence-electron chi connectivity index (χ3n) is 2.52. The Morgan fingerprint density at radius 2 is 1.83 bits per heavy atom. The van der Waals surface area contributed by atoms with E-state index in [2.05, 4.69) is 0 Å². The predicted octanol–water partition coefficient (Wildman–Crippen LogP) is -1.65. The van der Waals surface area contributed by atoms with Gasteiger partial charge in [0.25, 0.3) is 0 Å². The Bertz CT molecular complexity index is 514. The highest BCUT2D eigenvalue weighted by Gasteiger charge is 2.11. The molecule has 0 atom stereocenters. The average Bonchev–Trinajstić information content (AvgIpc) is 2.40. The van der Waals surface area contributed by atoms with Gasteiger partial charge in [0, 0.05) is 17.2 Å². The van der Waals surface area contributed by atoms with Gasteiger partial charge in [0.2, 0.25) is 12.3 Å². The minimum Gasteiger partial charge on any atom is -1.00 e. The fourth-order valence-corrected chi connectivity index (χ4v) is 1.65. The summed E-state index contributed by atoms with van der Waals surface area (Å²) in [6, 6.07) is 12.8. The van der Waals surface area contributed by atoms with E-state index in [1.165, 1.54) is 0 Å². The first-order valence-corrected chi connectivity index (χ1v) is 5.46. The van der Waals surface area contributed by atoms with Crippen molar-refractivity contribution in [2.75, 3.05) is 0 Å². The summed E-state index contributed by atoms with van der Waals surface area (Å²) < 4.78 is 1.78. The van der Waals surface area contributed by atoms with Gasteiger partial charge in [-0.1, -0.05) is 30.3 Å². The monoisotopic (exact) mass is 307 g/mol. The van der Waals surface area contributed by atoms with Crippen LogP contribution in [-0.4, -0.2) is 10.9 Å². The van der Waals surface area contributed by atoms with Gasteiger partial charge in [-0.05, 0) is 6.07 Å². The number of aromatic nitrogens is 1. The first-order valence-electron chi connectivity index (χ1n) is 5.46. The van der Waals surface area contributed by atoms with Crippen LogP contribution in [0.25, 0.3) is 0 Å². The van der Waals surface area contributed by atoms with Crippen molar-refractivity contribution in [2.45, 2.75) is 13.2 Å². The van der Waals surface area contributed by atoms with Crippen molar-refractivity contribution < 1.29 is 31.4 Å². The van der Waals surface area contributed by atoms with Crippen LogP contribution in [0.15, 0.2) is 54.9 Å². The molecule has 2 aromatic rings. The number of carbonyl (C=O) groups excluding carboxylic acids is 1. The molecule has 0 aliphatic heterocycles. The fraction of sp³-hybridized carbons (Fsp3) is 0.143. The van der Waals surface area contributed by atoms with Gasteiger partial charge in [0.15, 0.2) is 12.4 Å². The molecule has 1 heterocycles. The van der Waals surface area contributed by atoms with Gasteiger partial charge in [0.1, 0.15) is 0 Å². The standard InChI is InChI=1S/C14H14NO2.BrH/c16-11-12-5-4-8-15(9-12)10-14(17)13-6-2-1-3-7-13;/h1-9,16H,10-11H2;1H/q+1;/p-1. The smallest absolute Gasteiger partial charge is 0.227 e. The quantitative estimate of drug-likeness (QED) is 0.543. The van der Waals surface area contributed by atoms with E-state index in [0.717, 1.165) is 5.56 Å². The van der Waals surface area contributed by atoms with Crippen molar-refractivity contribution in [3.05, 3.63) is 66.0 Å². The summed E-state index contributed by atoms with van der Waals surface area (Å²) in [7, 11) is 0. The lowest BCUT2D eigenvalue weighted by Crippen LogP contribution is -3.00. The molecule has 4 heteroatoms. The first kappa shape index (κ1) is 14.5. The van der Waals surface area contributed by atoms with Crippen molar-refractivity contribution in [1.82, 2.24) is 0 Å². The largest absolute Gasteiger partial charge is 1.00 e. The third-order valence-corrected chi connectivity index (χ3v) is 2.52. The average molecular weight is 308 g/mol. The van der Waals surface area contributed by atoms with E-state index in [-0.39, 0.29) is 35.9 Å². The molecule has 1 aromatic heterocycles. The number of hydrogen-bond acceptors (Lipinski definition) is 2. The number of ketones is 1. The molecule has 3 nitrogen and oxygen atoms in total. The molecule has 0 spiro atoms. The Morgan fingerprint density at radius 3 is 2.50 bits per heavy atom. The van der Waals surface area contributed by atoms with Crippen molar-refractivity contribution in [1.29, 1.82) is 0 Å². The van der Waals surface area contributed by atoms with E-state index in [4.69, 9.17) is 5.11 Å². The summed E-state index contributed by atoms with van der Waals surface area (Å²) >= 11 is 0. The van der Waals surface area contributed by atoms with E-state index in [9.17, 15) is 4.79 Å². The number of carbonyl (C=O) groups is 1. The molecule has 0 aliphatic carbocycles. The molecule has 2 rings (SSSR count). The zero-order chi connectivity index (χ0) is 12.1. The number of rotatable bonds is 4. The Balaban J connectivity index is 0.00000162. The highest BCUT2D eigenvalue weighted by Crippen LogP contribution is 2.00. The highest BCUT2D eigenvalue weighted by molar-refractivity contribution is 5.94. The summed E-state index contributed by atoms with van der Waals surface area (Å²) in [6.45, 7) is 0.276. The molecule has 18 heavy (non-hydrogen) atoms. The maximum absolute atomic E-state index is 11.9. The number of benzene rings is 1. The van der Waals surface area contributed by atoms with E-state index in [1.807, 2.05) is 36.5 Å². The minimum absolute atomic E-state index is 0. The lowest BCUT2D eigenvalue weighted by molar-refractivity contribution is -0.683. The normalized spacial score (nSPS) is 9.61. The lowest BCUT2D eigenvalue weighted by Gasteiger charge is -1.99. The summed E-state index contributed by atoms with van der Waals surface area (Å²) in [5.41, 5.74) is 1.50. The summed E-state index contributed by atoms with van der Waals surface area (Å²) in [6.07, 6.45) is 3.60. The number of Topliss-reactive ketones (excluding diaryl/α,β-unsaturated/α-hetero) is 1. The van der Waals surface area contributed by atoms with Crippen LogP contribution in [-0.2, 0) is 13.2 Å². The lowest BCUT2D eigenvalue weighted by atomic mass is 10.1. The fourth-order valence-electron chi connectivity index (χ4n) is 1.65. The summed E-state index contributed by atoms with van der Waals surface area (Å²) in [4.78, 5) is 11.9. The molecule has 0 aliphatic rings. The first-order chi connectivity index (χ1) is 8.29. The minimum atomic E-state index is -0.0135. The van der Waals surface area contributed by atoms with Crippen LogP contribution >= 0.6 is 0 Å². The van der Waals surface area contributed by atoms with Gasteiger partial charge >= 0.3 is 0 Å². The maximum Gasteiger partial charge on any atom is 0.227 e. The van der Waals surface area contributed by atoms with Crippen molar-refractivity contribution in [2.24, 2.45) is 0 Å². The van der Waals surface area contributed by atoms with Gasteiger partial charge in [0.05, 0.1) is 6.61 Å². The van der Waals surface area contributed by atoms with Crippen LogP contribution in [0.2, 0.25) is 0 Å². The van der Waals surface area contributed by atoms with Crippen LogP contribution in [0.5, 0.6) is 0 Å². The number of aliphatic hydroxyl groups is 1. The van der Waals surface area contributed by atoms with Gasteiger partial charge < -0.3 is 22.1 Å². The molecule has 94 valence electrons. The van der Waals surface area contributed by atoms with Gasteiger partial charge in [-0.25, -0.2) is 0 Å². The molecule has 0 amide bonds. The van der Waals surface area contributed by atoms with Gasteiger partial charge in [-0.15, -0.1) is 0 Å². The van der Waals surface area contributed by atoms with E-state index in [0.29, 0.717) is 5.56 Å². The topological polar surface area (TPSA) is 41.2 Å². The molecular formula is C14H14BrNO2. The molecule has 0 bridgehead atoms. The number of pyridine rings is 1. The third kappa shape index (κ3) is 3.75. The molecule has 0 radical (unpaired) electrons. The Hall–Kier alpha value is -1.52. The molecule has 0 fully saturated rings. The van der Waals surface area contributed by atoms with Gasteiger partial charge in [-0.2, -0.15) is 4.57 Å². The summed E-state index contributed by atoms with van der Waals surface area (Å²) in [5.74, 6) is 0.0608. The number of hydrogen-bond donors (Lipinski definition) is 1. The second kappa shape index (κ2) is 7.03. The molecule has 0 saturated heterocycles. The summed E-state index contributed by atoms with van der Waals surface area (Å²) in [5, 5.41) is 9.01. The SMILES string of the molecule is O=C(C[n+]1cccc(CO)c1)c1ccccc1.[Br-]. The Kier molecular flexibility index (Phi) is 5.68. The molecular weight excluding hydrogens is 294 g/mol. The molecule has 0 unspecified atom stereocenters. The Labute approximate surface area is 116 Å². The molecule has 1 N–H and O–H groups in total. The Morgan fingerprint density at radius 1 is 1.11 bits per heavy atom. The van der Waals surface area contributed by atoms with Crippen LogP contribution in [0, 0.1) is 0 Å². The van der Waals surface area contributed by atoms with Crippen molar-refractivity contribution in [3.8, 4) is 0 Å². The van der Waals surface area contributed by atoms with E-state index in [1.54, 1.807) is 22.9 Å². The van der Waals surface area contributed by atoms with E-state index < -0.39 is 0 Å². The second-order valence-corrected chi connectivity index (χ2v) is 3.83. The number of halogens is 1. The number of nitrogens with zero attached hydrogens (tertiary/aromatic N) is 1. The van der Waals surface area contributed by atoms with Crippen LogP contribution < -0.4 is 21.5 Å². The van der Waals surface area contributed by atoms with Crippen LogP contribution in [0.3, 0.4) is 0 Å². The van der Waals surface area contributed by atoms with Gasteiger partial charge in [-0.3, -0.25) is 4.79 Å². The molecule has 1 aromatic carbocycles. The van der Waals surface area contributed by atoms with E-state index >= 15 is 0 Å². The highest BCUT2D eigenvalue weighted by atomic mass is 79.9. The zero-order valence-electron chi connectivity index (χ0n) is 9.79. The zero-order valence-corrected chi connectivity index (χ0v) is 11.4. The second-order valence-electron chi connectivity index (χ2n) is 3.83. The van der Waals surface area contributed by atoms with Crippen LogP contribution in [0.1, 0.15) is 15.9 Å². The van der Waals surface area contributed by atoms with Crippen molar-refractivity contribution >= 4 is 5.78 Å².